The minimum atomic E-state index is -0.751. The molecule has 0 fully saturated rings. The van der Waals surface area contributed by atoms with Crippen LogP contribution < -0.4 is 10.6 Å². The van der Waals surface area contributed by atoms with Crippen molar-refractivity contribution in [2.45, 2.75) is 13.0 Å². The lowest BCUT2D eigenvalue weighted by Crippen LogP contribution is -2.47. The molecule has 3 N–H and O–H groups in total. The molecule has 1 aliphatic rings. The third kappa shape index (κ3) is 4.73. The van der Waals surface area contributed by atoms with Crippen molar-refractivity contribution >= 4 is 18.0 Å². The van der Waals surface area contributed by atoms with Gasteiger partial charge >= 0.3 is 18.0 Å². The number of amides is 2. The number of hydrogen-bond donors (Lipinski definition) is 3. The number of carbonyl (C=O) groups is 3. The monoisotopic (exact) mass is 396 g/mol. The molecule has 2 amide bonds. The molecule has 0 aliphatic carbocycles. The van der Waals surface area contributed by atoms with Crippen molar-refractivity contribution in [1.29, 1.82) is 0 Å². The van der Waals surface area contributed by atoms with Crippen LogP contribution in [0.3, 0.4) is 0 Å². The van der Waals surface area contributed by atoms with Gasteiger partial charge in [-0.2, -0.15) is 0 Å². The molecule has 150 valence electrons. The number of aromatic hydroxyl groups is 1. The molecule has 0 spiro atoms. The normalized spacial score (nSPS) is 15.9. The second kappa shape index (κ2) is 8.92. The Balaban J connectivity index is 1.91. The molecule has 3 rings (SSSR count). The average Bonchev–Trinajstić information content (AvgIpc) is 2.72. The molecule has 0 aromatic heterocycles. The third-order valence-electron chi connectivity index (χ3n) is 4.21. The van der Waals surface area contributed by atoms with E-state index in [1.165, 1.54) is 24.3 Å². The lowest BCUT2D eigenvalue weighted by atomic mass is 9.95. The smallest absolute Gasteiger partial charge is 0.338 e. The van der Waals surface area contributed by atoms with Gasteiger partial charge in [0.2, 0.25) is 0 Å². The second-order valence-electron chi connectivity index (χ2n) is 6.18. The van der Waals surface area contributed by atoms with Gasteiger partial charge < -0.3 is 25.2 Å². The van der Waals surface area contributed by atoms with Crippen LogP contribution >= 0.6 is 0 Å². The molecular formula is C21H20N2O6. The zero-order valence-corrected chi connectivity index (χ0v) is 15.7. The summed E-state index contributed by atoms with van der Waals surface area (Å²) in [5.41, 5.74) is 1.11. The molecule has 29 heavy (non-hydrogen) atoms. The van der Waals surface area contributed by atoms with Crippen LogP contribution in [0.25, 0.3) is 0 Å². The number of phenols is 1. The Bertz CT molecular complexity index is 955. The molecule has 8 heteroatoms. The maximum Gasteiger partial charge on any atom is 0.338 e. The highest BCUT2D eigenvalue weighted by atomic mass is 16.5. The lowest BCUT2D eigenvalue weighted by Gasteiger charge is -2.29. The molecule has 0 saturated heterocycles. The van der Waals surface area contributed by atoms with E-state index in [1.807, 2.05) is 6.07 Å². The Morgan fingerprint density at radius 2 is 1.79 bits per heavy atom. The number of hydrogen-bond acceptors (Lipinski definition) is 6. The summed E-state index contributed by atoms with van der Waals surface area (Å²) in [6.07, 6.45) is 0. The van der Waals surface area contributed by atoms with Crippen molar-refractivity contribution in [3.63, 3.8) is 0 Å². The molecule has 0 radical (unpaired) electrons. The summed E-state index contributed by atoms with van der Waals surface area (Å²) in [5, 5.41) is 14.7. The number of ether oxygens (including phenoxy) is 2. The predicted molar refractivity (Wildman–Crippen MR) is 103 cm³/mol. The molecule has 1 atom stereocenters. The summed E-state index contributed by atoms with van der Waals surface area (Å²) < 4.78 is 10.4. The summed E-state index contributed by atoms with van der Waals surface area (Å²) in [5.74, 6) is -1.41. The molecule has 1 unspecified atom stereocenters. The highest BCUT2D eigenvalue weighted by Gasteiger charge is 2.34. The van der Waals surface area contributed by atoms with Crippen LogP contribution in [0.15, 0.2) is 65.9 Å². The van der Waals surface area contributed by atoms with E-state index < -0.39 is 24.0 Å². The Kier molecular flexibility index (Phi) is 6.13. The minimum Gasteiger partial charge on any atom is -0.508 e. The minimum absolute atomic E-state index is 0.0785. The first-order valence-electron chi connectivity index (χ1n) is 8.98. The van der Waals surface area contributed by atoms with E-state index in [0.717, 1.165) is 0 Å². The Morgan fingerprint density at radius 3 is 2.48 bits per heavy atom. The Labute approximate surface area is 167 Å². The quantitative estimate of drug-likeness (QED) is 0.646. The van der Waals surface area contributed by atoms with Crippen LogP contribution in [0, 0.1) is 0 Å². The Morgan fingerprint density at radius 1 is 1.03 bits per heavy atom. The van der Waals surface area contributed by atoms with Crippen LogP contribution in [-0.4, -0.2) is 36.3 Å². The number of urea groups is 1. The highest BCUT2D eigenvalue weighted by Crippen LogP contribution is 2.28. The number of carbonyl (C=O) groups excluding carboxylic acids is 3. The molecule has 0 bridgehead atoms. The maximum atomic E-state index is 12.6. The van der Waals surface area contributed by atoms with Gasteiger partial charge in [-0.15, -0.1) is 0 Å². The van der Waals surface area contributed by atoms with Gasteiger partial charge in [-0.25, -0.2) is 14.4 Å². The van der Waals surface area contributed by atoms with Crippen molar-refractivity contribution < 1.29 is 29.0 Å². The SMILES string of the molecule is CCOC(=O)C1=C(COC(=O)c2cccc(O)c2)NC(=O)NC1c1ccccc1. The average molecular weight is 396 g/mol. The zero-order chi connectivity index (χ0) is 20.8. The van der Waals surface area contributed by atoms with Gasteiger partial charge in [-0.3, -0.25) is 0 Å². The van der Waals surface area contributed by atoms with E-state index in [0.29, 0.717) is 5.56 Å². The van der Waals surface area contributed by atoms with Crippen LogP contribution in [-0.2, 0) is 14.3 Å². The summed E-state index contributed by atoms with van der Waals surface area (Å²) in [6, 6.07) is 13.3. The first-order chi connectivity index (χ1) is 14.0. The lowest BCUT2D eigenvalue weighted by molar-refractivity contribution is -0.139. The topological polar surface area (TPSA) is 114 Å². The van der Waals surface area contributed by atoms with Crippen LogP contribution in [0.1, 0.15) is 28.9 Å². The third-order valence-corrected chi connectivity index (χ3v) is 4.21. The van der Waals surface area contributed by atoms with Gasteiger partial charge in [-0.1, -0.05) is 36.4 Å². The zero-order valence-electron chi connectivity index (χ0n) is 15.7. The van der Waals surface area contributed by atoms with Crippen LogP contribution in [0.5, 0.6) is 5.75 Å². The summed E-state index contributed by atoms with van der Waals surface area (Å²) in [6.45, 7) is 1.47. The fraction of sp³-hybridized carbons (Fsp3) is 0.190. The predicted octanol–water partition coefficient (Wildman–Crippen LogP) is 2.42. The van der Waals surface area contributed by atoms with Gasteiger partial charge in [0.05, 0.1) is 29.5 Å². The van der Waals surface area contributed by atoms with Crippen molar-refractivity contribution in [3.8, 4) is 5.75 Å². The highest BCUT2D eigenvalue weighted by molar-refractivity contribution is 5.95. The van der Waals surface area contributed by atoms with Gasteiger partial charge in [0.1, 0.15) is 12.4 Å². The first kappa shape index (κ1) is 19.9. The van der Waals surface area contributed by atoms with E-state index in [4.69, 9.17) is 9.47 Å². The number of esters is 2. The van der Waals surface area contributed by atoms with Crippen LogP contribution in [0.2, 0.25) is 0 Å². The molecule has 8 nitrogen and oxygen atoms in total. The van der Waals surface area contributed by atoms with Gasteiger partial charge in [0.25, 0.3) is 0 Å². The summed E-state index contributed by atoms with van der Waals surface area (Å²) >= 11 is 0. The first-order valence-corrected chi connectivity index (χ1v) is 8.98. The van der Waals surface area contributed by atoms with E-state index in [-0.39, 0.29) is 35.8 Å². The molecule has 2 aromatic carbocycles. The van der Waals surface area contributed by atoms with Gasteiger partial charge in [0, 0.05) is 0 Å². The fourth-order valence-corrected chi connectivity index (χ4v) is 2.93. The van der Waals surface area contributed by atoms with E-state index >= 15 is 0 Å². The van der Waals surface area contributed by atoms with E-state index in [9.17, 15) is 19.5 Å². The summed E-state index contributed by atoms with van der Waals surface area (Å²) in [7, 11) is 0. The molecular weight excluding hydrogens is 376 g/mol. The van der Waals surface area contributed by atoms with Crippen molar-refractivity contribution in [2.75, 3.05) is 13.2 Å². The van der Waals surface area contributed by atoms with Crippen LogP contribution in [0.4, 0.5) is 4.79 Å². The number of phenolic OH excluding ortho intramolecular Hbond substituents is 1. The number of rotatable bonds is 6. The molecule has 0 saturated carbocycles. The maximum absolute atomic E-state index is 12.6. The second-order valence-corrected chi connectivity index (χ2v) is 6.18. The Hall–Kier alpha value is -3.81. The van der Waals surface area contributed by atoms with E-state index in [2.05, 4.69) is 10.6 Å². The van der Waals surface area contributed by atoms with E-state index in [1.54, 1.807) is 31.2 Å². The van der Waals surface area contributed by atoms with Crippen molar-refractivity contribution in [3.05, 3.63) is 77.0 Å². The molecule has 1 heterocycles. The fourth-order valence-electron chi connectivity index (χ4n) is 2.93. The van der Waals surface area contributed by atoms with Crippen molar-refractivity contribution in [2.24, 2.45) is 0 Å². The summed E-state index contributed by atoms with van der Waals surface area (Å²) in [4.78, 5) is 37.0. The standard InChI is InChI=1S/C21H20N2O6/c1-2-28-20(26)17-16(12-29-19(25)14-9-6-10-15(24)11-14)22-21(27)23-18(17)13-7-4-3-5-8-13/h3-11,18,24H,2,12H2,1H3,(H2,22,23,27). The number of benzene rings is 2. The number of nitrogens with one attached hydrogen (secondary N) is 2. The van der Waals surface area contributed by atoms with Gasteiger partial charge in [0.15, 0.2) is 0 Å². The molecule has 1 aliphatic heterocycles. The largest absolute Gasteiger partial charge is 0.508 e. The van der Waals surface area contributed by atoms with Gasteiger partial charge in [-0.05, 0) is 30.7 Å². The molecule has 2 aromatic rings. The van der Waals surface area contributed by atoms with Crippen molar-refractivity contribution in [1.82, 2.24) is 10.6 Å².